The van der Waals surface area contributed by atoms with Crippen molar-refractivity contribution in [2.75, 3.05) is 40.9 Å². The highest BCUT2D eigenvalue weighted by atomic mass is 31.2. The Balaban J connectivity index is 5.12. The minimum absolute atomic E-state index is 0.0327. The summed E-state index contributed by atoms with van der Waals surface area (Å²) >= 11 is 0. The highest BCUT2D eigenvalue weighted by Crippen LogP contribution is 2.38. The van der Waals surface area contributed by atoms with Gasteiger partial charge in [0.1, 0.15) is 19.3 Å². The molecule has 0 saturated heterocycles. The zero-order valence-electron chi connectivity index (χ0n) is 54.9. The van der Waals surface area contributed by atoms with Crippen molar-refractivity contribution >= 4 is 19.7 Å². The third-order valence-corrected chi connectivity index (χ3v) is 16.0. The Morgan fingerprint density at radius 1 is 0.434 bits per heavy atom. The predicted octanol–water partition coefficient (Wildman–Crippen LogP) is 21.3. The second-order valence-electron chi connectivity index (χ2n) is 24.3. The third kappa shape index (κ3) is 63.3. The molecule has 83 heavy (non-hydrogen) atoms. The molecule has 0 spiro atoms. The van der Waals surface area contributed by atoms with E-state index < -0.39 is 26.6 Å². The minimum Gasteiger partial charge on any atom is -0.756 e. The number of phosphoric acid groups is 1. The van der Waals surface area contributed by atoms with Gasteiger partial charge in [0.15, 0.2) is 0 Å². The summed E-state index contributed by atoms with van der Waals surface area (Å²) in [5, 5.41) is 3.03. The molecule has 0 aliphatic heterocycles. The van der Waals surface area contributed by atoms with E-state index in [4.69, 9.17) is 13.8 Å². The minimum atomic E-state index is -4.72. The van der Waals surface area contributed by atoms with Crippen molar-refractivity contribution < 1.29 is 37.3 Å². The number of allylic oxidation sites excluding steroid dienone is 15. The molecule has 0 aromatic carbocycles. The molecule has 1 amide bonds. The second-order valence-corrected chi connectivity index (χ2v) is 25.7. The molecule has 9 nitrogen and oxygen atoms in total. The van der Waals surface area contributed by atoms with E-state index >= 15 is 0 Å². The van der Waals surface area contributed by atoms with Crippen LogP contribution in [0.5, 0.6) is 0 Å². The highest BCUT2D eigenvalue weighted by Gasteiger charge is 2.27. The number of nitrogens with one attached hydrogen (secondary N) is 1. The molecule has 0 aromatic heterocycles. The average molecular weight is 1180 g/mol. The molecular formula is C73H131N2O7P. The number of unbranched alkanes of at least 4 members (excludes halogenated alkanes) is 32. The molecule has 0 heterocycles. The van der Waals surface area contributed by atoms with Crippen LogP contribution in [0.4, 0.5) is 0 Å². The molecule has 0 rings (SSSR count). The van der Waals surface area contributed by atoms with Crippen LogP contribution in [0.3, 0.4) is 0 Å². The van der Waals surface area contributed by atoms with Crippen molar-refractivity contribution in [2.24, 2.45) is 0 Å². The number of amides is 1. The first kappa shape index (κ1) is 79.9. The van der Waals surface area contributed by atoms with E-state index in [1.807, 2.05) is 33.3 Å². The van der Waals surface area contributed by atoms with Crippen LogP contribution in [0, 0.1) is 0 Å². The van der Waals surface area contributed by atoms with Crippen LogP contribution < -0.4 is 10.2 Å². The van der Waals surface area contributed by atoms with Gasteiger partial charge in [-0.3, -0.25) is 14.2 Å². The van der Waals surface area contributed by atoms with Crippen LogP contribution in [0.2, 0.25) is 0 Å². The molecule has 0 radical (unpaired) electrons. The Bertz CT molecular complexity index is 1740. The molecule has 0 fully saturated rings. The molecule has 0 aromatic rings. The standard InChI is InChI=1S/C73H131N2O7P/c1-7-10-13-16-19-22-25-27-29-31-33-35-36-37-38-40-41-43-45-47-50-53-56-59-62-65-72(76)74-70(69-81-83(78,79)80-68-67-75(4,5)6)71(64-61-58-55-52-49-24-21-18-15-12-9-3)82-73(77)66-63-60-57-54-51-48-46-44-42-39-34-32-30-28-26-23-20-17-14-11-8-2/h11,14,20,23,27-30,34,39,44,46,51,54,61,64,70-71H,7-10,12-13,15-19,21-22,24-26,31-33,35-38,40-43,45,47-50,52-53,55-60,62-63,65-69H2,1-6H3,(H-,74,76,78,79)/b14-11-,23-20-,29-27+,30-28-,39-34-,46-44-,54-51-,64-61-. The molecule has 0 aliphatic rings. The van der Waals surface area contributed by atoms with Gasteiger partial charge in [-0.25, -0.2) is 0 Å². The first-order valence-electron chi connectivity index (χ1n) is 34.5. The molecular weight excluding hydrogens is 1050 g/mol. The number of esters is 1. The molecule has 10 heteroatoms. The van der Waals surface area contributed by atoms with Gasteiger partial charge in [0.25, 0.3) is 7.82 Å². The Morgan fingerprint density at radius 2 is 0.771 bits per heavy atom. The first-order chi connectivity index (χ1) is 40.4. The van der Waals surface area contributed by atoms with Crippen molar-refractivity contribution in [3.63, 3.8) is 0 Å². The lowest BCUT2D eigenvalue weighted by atomic mass is 10.0. The number of carbonyl (C=O) groups is 2. The number of hydrogen-bond acceptors (Lipinski definition) is 7. The number of quaternary nitrogens is 1. The summed E-state index contributed by atoms with van der Waals surface area (Å²) in [6, 6.07) is -0.911. The fourth-order valence-corrected chi connectivity index (χ4v) is 10.4. The zero-order valence-corrected chi connectivity index (χ0v) is 55.8. The number of carbonyl (C=O) groups excluding carboxylic acids is 2. The number of nitrogens with zero attached hydrogens (tertiary/aromatic N) is 1. The predicted molar refractivity (Wildman–Crippen MR) is 358 cm³/mol. The van der Waals surface area contributed by atoms with Crippen LogP contribution in [0.1, 0.15) is 303 Å². The van der Waals surface area contributed by atoms with Crippen LogP contribution in [0.15, 0.2) is 97.2 Å². The van der Waals surface area contributed by atoms with Crippen molar-refractivity contribution in [1.82, 2.24) is 5.32 Å². The first-order valence-corrected chi connectivity index (χ1v) is 36.0. The number of hydrogen-bond donors (Lipinski definition) is 1. The topological polar surface area (TPSA) is 114 Å². The maximum atomic E-state index is 13.6. The Hall–Kier alpha value is -3.07. The maximum Gasteiger partial charge on any atom is 0.306 e. The van der Waals surface area contributed by atoms with Crippen LogP contribution in [-0.2, 0) is 27.9 Å². The van der Waals surface area contributed by atoms with E-state index in [2.05, 4.69) is 111 Å². The number of phosphoric ester groups is 1. The van der Waals surface area contributed by atoms with Crippen LogP contribution in [-0.4, -0.2) is 69.4 Å². The summed E-state index contributed by atoms with van der Waals surface area (Å²) in [6.07, 6.45) is 84.0. The molecule has 480 valence electrons. The lowest BCUT2D eigenvalue weighted by Gasteiger charge is -2.30. The normalized spacial score (nSPS) is 14.2. The van der Waals surface area contributed by atoms with E-state index in [1.54, 1.807) is 0 Å². The molecule has 3 unspecified atom stereocenters. The Kier molecular flexibility index (Phi) is 59.7. The average Bonchev–Trinajstić information content (AvgIpc) is 3.51. The van der Waals surface area contributed by atoms with E-state index in [0.29, 0.717) is 23.9 Å². The van der Waals surface area contributed by atoms with E-state index in [9.17, 15) is 19.0 Å². The molecule has 1 N–H and O–H groups in total. The highest BCUT2D eigenvalue weighted by molar-refractivity contribution is 7.45. The van der Waals surface area contributed by atoms with E-state index in [-0.39, 0.29) is 24.9 Å². The van der Waals surface area contributed by atoms with E-state index in [1.165, 1.54) is 173 Å². The van der Waals surface area contributed by atoms with Crippen molar-refractivity contribution in [3.8, 4) is 0 Å². The number of likely N-dealkylation sites (N-methyl/N-ethyl adjacent to an activating group) is 1. The second kappa shape index (κ2) is 62.0. The summed E-state index contributed by atoms with van der Waals surface area (Å²) < 4.78 is 30.4. The quantitative estimate of drug-likeness (QED) is 0.0212. The smallest absolute Gasteiger partial charge is 0.306 e. The maximum absolute atomic E-state index is 13.6. The summed E-state index contributed by atoms with van der Waals surface area (Å²) in [5.41, 5.74) is 0. The number of rotatable bonds is 62. The lowest BCUT2D eigenvalue weighted by Crippen LogP contribution is -2.47. The van der Waals surface area contributed by atoms with Crippen molar-refractivity contribution in [3.05, 3.63) is 97.2 Å². The van der Waals surface area contributed by atoms with Gasteiger partial charge in [-0.2, -0.15) is 0 Å². The lowest BCUT2D eigenvalue weighted by molar-refractivity contribution is -0.870. The number of ether oxygens (including phenoxy) is 1. The van der Waals surface area contributed by atoms with Crippen LogP contribution in [0.25, 0.3) is 0 Å². The van der Waals surface area contributed by atoms with Gasteiger partial charge in [0, 0.05) is 12.8 Å². The fourth-order valence-electron chi connectivity index (χ4n) is 9.70. The largest absolute Gasteiger partial charge is 0.756 e. The third-order valence-electron chi connectivity index (χ3n) is 15.0. The van der Waals surface area contributed by atoms with Crippen molar-refractivity contribution in [1.29, 1.82) is 0 Å². The van der Waals surface area contributed by atoms with Crippen molar-refractivity contribution in [2.45, 2.75) is 315 Å². The molecule has 0 saturated carbocycles. The molecule has 0 aliphatic carbocycles. The van der Waals surface area contributed by atoms with Gasteiger partial charge in [0.2, 0.25) is 5.91 Å². The summed E-state index contributed by atoms with van der Waals surface area (Å²) in [4.78, 5) is 40.1. The van der Waals surface area contributed by atoms with Gasteiger partial charge in [-0.15, -0.1) is 0 Å². The summed E-state index contributed by atoms with van der Waals surface area (Å²) in [5.74, 6) is -0.589. The Morgan fingerprint density at radius 3 is 1.18 bits per heavy atom. The Labute approximate surface area is 513 Å². The zero-order chi connectivity index (χ0) is 60.7. The fraction of sp³-hybridized carbons (Fsp3) is 0.753. The van der Waals surface area contributed by atoms with E-state index in [0.717, 1.165) is 89.9 Å². The van der Waals surface area contributed by atoms with Gasteiger partial charge < -0.3 is 28.5 Å². The van der Waals surface area contributed by atoms with Gasteiger partial charge in [-0.05, 0) is 109 Å². The van der Waals surface area contributed by atoms with Gasteiger partial charge in [0.05, 0.1) is 33.8 Å². The SMILES string of the molecule is CC/C=C\C/C=C\C/C=C\C/C=C\C/C=C\C/C=C\CCCCC(=O)OC(/C=C\CCCCCCCCCCC)C(COP(=O)([O-])OCC[N+](C)(C)C)NC(=O)CCCCCCCCCCCCCCCCC/C=C/CCCCCCCC. The molecule has 3 atom stereocenters. The molecule has 0 bridgehead atoms. The van der Waals surface area contributed by atoms with Crippen LogP contribution >= 0.6 is 7.82 Å². The summed E-state index contributed by atoms with van der Waals surface area (Å²) in [6.45, 7) is 6.71. The monoisotopic (exact) mass is 1180 g/mol. The summed E-state index contributed by atoms with van der Waals surface area (Å²) in [7, 11) is 1.16. The van der Waals surface area contributed by atoms with Gasteiger partial charge >= 0.3 is 5.97 Å². The van der Waals surface area contributed by atoms with Gasteiger partial charge in [-0.1, -0.05) is 279 Å².